The molecule has 0 amide bonds. The van der Waals surface area contributed by atoms with Gasteiger partial charge in [0.05, 0.1) is 26.0 Å². The van der Waals surface area contributed by atoms with Crippen molar-refractivity contribution in [2.75, 3.05) is 20.3 Å². The Morgan fingerprint density at radius 1 is 1.28 bits per heavy atom. The zero-order valence-electron chi connectivity index (χ0n) is 16.8. The van der Waals surface area contributed by atoms with E-state index in [0.717, 1.165) is 17.5 Å². The SMILES string of the molecule is COc1cc2c(cc1O[C@@H]1CCOC1)C[C@@H](C(C)C)n1cc(C(=O)O)c(=O)cc1-2. The summed E-state index contributed by atoms with van der Waals surface area (Å²) in [6.45, 7) is 5.43. The molecular weight excluding hydrogens is 374 g/mol. The predicted molar refractivity (Wildman–Crippen MR) is 107 cm³/mol. The second-order valence-electron chi connectivity index (χ2n) is 7.93. The number of nitrogens with zero attached hydrogens (tertiary/aromatic N) is 1. The zero-order chi connectivity index (χ0) is 20.7. The lowest BCUT2D eigenvalue weighted by molar-refractivity contribution is 0.0694. The Hall–Kier alpha value is -2.80. The van der Waals surface area contributed by atoms with Crippen molar-refractivity contribution in [1.29, 1.82) is 0 Å². The van der Waals surface area contributed by atoms with Crippen molar-refractivity contribution in [3.63, 3.8) is 0 Å². The Kier molecular flexibility index (Phi) is 5.08. The standard InChI is InChI=1S/C22H25NO6/c1-12(2)17-6-13-7-21(29-14-4-5-28-11-14)20(27-3)8-15(13)18-9-19(24)16(22(25)26)10-23(17)18/h7-10,12,14,17H,4-6,11H2,1-3H3,(H,25,26)/t14-,17+/m1/s1. The molecule has 0 bridgehead atoms. The second kappa shape index (κ2) is 7.55. The molecule has 1 saturated heterocycles. The van der Waals surface area contributed by atoms with Gasteiger partial charge < -0.3 is 23.9 Å². The molecule has 7 heteroatoms. The second-order valence-corrected chi connectivity index (χ2v) is 7.93. The number of pyridine rings is 1. The summed E-state index contributed by atoms with van der Waals surface area (Å²) >= 11 is 0. The Bertz CT molecular complexity index is 1000. The molecule has 3 heterocycles. The molecule has 1 fully saturated rings. The first-order valence-corrected chi connectivity index (χ1v) is 9.84. The number of fused-ring (bicyclic) bond motifs is 3. The lowest BCUT2D eigenvalue weighted by atomic mass is 9.87. The van der Waals surface area contributed by atoms with E-state index in [9.17, 15) is 14.7 Å². The summed E-state index contributed by atoms with van der Waals surface area (Å²) < 4.78 is 19.0. The molecule has 0 saturated carbocycles. The molecule has 0 unspecified atom stereocenters. The number of hydrogen-bond donors (Lipinski definition) is 1. The van der Waals surface area contributed by atoms with Gasteiger partial charge in [0.1, 0.15) is 11.7 Å². The molecule has 1 aromatic carbocycles. The lowest BCUT2D eigenvalue weighted by Crippen LogP contribution is -2.28. The number of methoxy groups -OCH3 is 1. The van der Waals surface area contributed by atoms with Crippen molar-refractivity contribution < 1.29 is 24.1 Å². The van der Waals surface area contributed by atoms with Crippen LogP contribution in [0.15, 0.2) is 29.2 Å². The van der Waals surface area contributed by atoms with Gasteiger partial charge in [0.25, 0.3) is 0 Å². The normalized spacial score (nSPS) is 20.3. The van der Waals surface area contributed by atoms with E-state index in [2.05, 4.69) is 13.8 Å². The highest BCUT2D eigenvalue weighted by atomic mass is 16.6. The van der Waals surface area contributed by atoms with Gasteiger partial charge in [-0.25, -0.2) is 4.79 Å². The Labute approximate surface area is 168 Å². The van der Waals surface area contributed by atoms with Crippen LogP contribution in [0.3, 0.4) is 0 Å². The first kappa shape index (κ1) is 19.5. The molecule has 1 N–H and O–H groups in total. The Morgan fingerprint density at radius 3 is 2.69 bits per heavy atom. The highest BCUT2D eigenvalue weighted by Crippen LogP contribution is 2.43. The minimum absolute atomic E-state index is 0.000494. The highest BCUT2D eigenvalue weighted by molar-refractivity contribution is 5.87. The van der Waals surface area contributed by atoms with Gasteiger partial charge in [-0.1, -0.05) is 13.8 Å². The van der Waals surface area contributed by atoms with Crippen molar-refractivity contribution >= 4 is 5.97 Å². The summed E-state index contributed by atoms with van der Waals surface area (Å²) in [4.78, 5) is 23.9. The van der Waals surface area contributed by atoms with E-state index < -0.39 is 11.4 Å². The van der Waals surface area contributed by atoms with Gasteiger partial charge in [0, 0.05) is 30.3 Å². The van der Waals surface area contributed by atoms with Crippen LogP contribution in [0.5, 0.6) is 11.5 Å². The molecular formula is C22H25NO6. The average Bonchev–Trinajstić information content (AvgIpc) is 3.19. The van der Waals surface area contributed by atoms with E-state index in [1.54, 1.807) is 7.11 Å². The Morgan fingerprint density at radius 2 is 2.07 bits per heavy atom. The number of aromatic nitrogens is 1. The van der Waals surface area contributed by atoms with Crippen LogP contribution in [0.4, 0.5) is 0 Å². The molecule has 2 aliphatic rings. The lowest BCUT2D eigenvalue weighted by Gasteiger charge is -2.34. The first-order chi connectivity index (χ1) is 13.9. The molecule has 4 rings (SSSR count). The molecule has 2 aromatic rings. The molecule has 0 radical (unpaired) electrons. The summed E-state index contributed by atoms with van der Waals surface area (Å²) in [6, 6.07) is 5.32. The van der Waals surface area contributed by atoms with Crippen molar-refractivity contribution in [1.82, 2.24) is 4.57 Å². The quantitative estimate of drug-likeness (QED) is 0.831. The predicted octanol–water partition coefficient (Wildman–Crippen LogP) is 3.14. The van der Waals surface area contributed by atoms with Gasteiger partial charge in [-0.2, -0.15) is 0 Å². The van der Waals surface area contributed by atoms with Gasteiger partial charge >= 0.3 is 5.97 Å². The van der Waals surface area contributed by atoms with E-state index in [4.69, 9.17) is 14.2 Å². The minimum Gasteiger partial charge on any atom is -0.493 e. The maximum atomic E-state index is 12.4. The summed E-state index contributed by atoms with van der Waals surface area (Å²) in [5.74, 6) is 0.293. The van der Waals surface area contributed by atoms with E-state index in [1.165, 1.54) is 12.3 Å². The molecule has 29 heavy (non-hydrogen) atoms. The number of hydrogen-bond acceptors (Lipinski definition) is 5. The summed E-state index contributed by atoms with van der Waals surface area (Å²) in [6.07, 6.45) is 3.02. The molecule has 154 valence electrons. The maximum Gasteiger partial charge on any atom is 0.341 e. The summed E-state index contributed by atoms with van der Waals surface area (Å²) in [5, 5.41) is 9.38. The minimum atomic E-state index is -1.21. The number of aromatic carboxylic acids is 1. The van der Waals surface area contributed by atoms with Crippen molar-refractivity contribution in [3.8, 4) is 22.8 Å². The monoisotopic (exact) mass is 399 g/mol. The number of ether oxygens (including phenoxy) is 3. The van der Waals surface area contributed by atoms with Gasteiger partial charge in [-0.05, 0) is 30.0 Å². The van der Waals surface area contributed by atoms with Crippen LogP contribution in [-0.2, 0) is 11.2 Å². The topological polar surface area (TPSA) is 87.0 Å². The van der Waals surface area contributed by atoms with Crippen LogP contribution in [0.2, 0.25) is 0 Å². The van der Waals surface area contributed by atoms with Gasteiger partial charge in [-0.3, -0.25) is 4.79 Å². The van der Waals surface area contributed by atoms with Gasteiger partial charge in [-0.15, -0.1) is 0 Å². The summed E-state index contributed by atoms with van der Waals surface area (Å²) in [5.41, 5.74) is 1.91. The van der Waals surface area contributed by atoms with E-state index in [0.29, 0.717) is 36.8 Å². The van der Waals surface area contributed by atoms with Gasteiger partial charge in [0.2, 0.25) is 0 Å². The van der Waals surface area contributed by atoms with Crippen molar-refractivity contribution in [2.24, 2.45) is 5.92 Å². The van der Waals surface area contributed by atoms with Crippen LogP contribution in [0, 0.1) is 5.92 Å². The largest absolute Gasteiger partial charge is 0.493 e. The summed E-state index contributed by atoms with van der Waals surface area (Å²) in [7, 11) is 1.58. The smallest absolute Gasteiger partial charge is 0.341 e. The van der Waals surface area contributed by atoms with Crippen LogP contribution in [0.1, 0.15) is 42.2 Å². The number of carboxylic acid groups (broad SMARTS) is 1. The van der Waals surface area contributed by atoms with Crippen LogP contribution >= 0.6 is 0 Å². The van der Waals surface area contributed by atoms with Crippen LogP contribution in [0.25, 0.3) is 11.3 Å². The molecule has 7 nitrogen and oxygen atoms in total. The molecule has 0 aliphatic carbocycles. The molecule has 0 spiro atoms. The number of benzene rings is 1. The fourth-order valence-electron chi connectivity index (χ4n) is 4.13. The Balaban J connectivity index is 1.86. The first-order valence-electron chi connectivity index (χ1n) is 9.84. The molecule has 2 aliphatic heterocycles. The van der Waals surface area contributed by atoms with E-state index in [1.807, 2.05) is 16.7 Å². The number of carboxylic acids is 1. The third-order valence-corrected chi connectivity index (χ3v) is 5.71. The molecule has 1 aromatic heterocycles. The number of carbonyl (C=O) groups is 1. The van der Waals surface area contributed by atoms with E-state index >= 15 is 0 Å². The van der Waals surface area contributed by atoms with Crippen molar-refractivity contribution in [3.05, 3.63) is 45.7 Å². The third kappa shape index (κ3) is 3.51. The van der Waals surface area contributed by atoms with E-state index in [-0.39, 0.29) is 23.6 Å². The zero-order valence-corrected chi connectivity index (χ0v) is 16.8. The average molecular weight is 399 g/mol. The third-order valence-electron chi connectivity index (χ3n) is 5.71. The van der Waals surface area contributed by atoms with Crippen LogP contribution in [-0.4, -0.2) is 42.1 Å². The maximum absolute atomic E-state index is 12.4. The van der Waals surface area contributed by atoms with Gasteiger partial charge in [0.15, 0.2) is 16.9 Å². The van der Waals surface area contributed by atoms with Crippen LogP contribution < -0.4 is 14.9 Å². The fraction of sp³-hybridized carbons (Fsp3) is 0.455. The fourth-order valence-corrected chi connectivity index (χ4v) is 4.13. The molecule has 2 atom stereocenters. The van der Waals surface area contributed by atoms with Crippen molar-refractivity contribution in [2.45, 2.75) is 38.8 Å². The number of rotatable bonds is 5. The highest BCUT2D eigenvalue weighted by Gasteiger charge is 2.30.